The van der Waals surface area contributed by atoms with Gasteiger partial charge in [-0.05, 0) is 29.7 Å². The number of benzene rings is 2. The van der Waals surface area contributed by atoms with E-state index in [-0.39, 0.29) is 12.2 Å². The zero-order chi connectivity index (χ0) is 14.5. The highest BCUT2D eigenvalue weighted by molar-refractivity contribution is 6.31. The molecule has 20 heavy (non-hydrogen) atoms. The summed E-state index contributed by atoms with van der Waals surface area (Å²) in [6, 6.07) is 12.4. The Bertz CT molecular complexity index is 545. The minimum atomic E-state index is -0.750. The van der Waals surface area contributed by atoms with Crippen LogP contribution in [0.2, 0.25) is 5.02 Å². The normalized spacial score (nSPS) is 12.4. The molecule has 1 nitrogen and oxygen atoms in total. The average molecular weight is 293 g/mol. The molecule has 2 aromatic rings. The SMILES string of the molecule is CCCc1ccc(C(O)Cc2c(F)cccc2Cl)cc1. The van der Waals surface area contributed by atoms with Gasteiger partial charge >= 0.3 is 0 Å². The molecule has 0 aliphatic heterocycles. The van der Waals surface area contributed by atoms with Crippen LogP contribution >= 0.6 is 11.6 Å². The molecule has 2 rings (SSSR count). The van der Waals surface area contributed by atoms with Crippen molar-refractivity contribution in [1.29, 1.82) is 0 Å². The minimum Gasteiger partial charge on any atom is -0.388 e. The van der Waals surface area contributed by atoms with Crippen LogP contribution in [0.25, 0.3) is 0 Å². The predicted octanol–water partition coefficient (Wildman–Crippen LogP) is 4.71. The van der Waals surface area contributed by atoms with Crippen molar-refractivity contribution < 1.29 is 9.50 Å². The Hall–Kier alpha value is -1.38. The van der Waals surface area contributed by atoms with Crippen molar-refractivity contribution in [3.63, 3.8) is 0 Å². The monoisotopic (exact) mass is 292 g/mol. The number of aliphatic hydroxyl groups is 1. The molecule has 0 saturated heterocycles. The van der Waals surface area contributed by atoms with Gasteiger partial charge in [0.2, 0.25) is 0 Å². The number of hydrogen-bond donors (Lipinski definition) is 1. The summed E-state index contributed by atoms with van der Waals surface area (Å²) < 4.78 is 13.7. The van der Waals surface area contributed by atoms with Crippen molar-refractivity contribution in [2.24, 2.45) is 0 Å². The van der Waals surface area contributed by atoms with Crippen molar-refractivity contribution in [3.05, 3.63) is 70.0 Å². The summed E-state index contributed by atoms with van der Waals surface area (Å²) in [5, 5.41) is 10.6. The van der Waals surface area contributed by atoms with Crippen LogP contribution in [0.5, 0.6) is 0 Å². The molecule has 1 N–H and O–H groups in total. The summed E-state index contributed by atoms with van der Waals surface area (Å²) in [7, 11) is 0. The Kier molecular flexibility index (Phi) is 5.16. The molecule has 0 fully saturated rings. The standard InChI is InChI=1S/C17H18ClFO/c1-2-4-12-7-9-13(10-8-12)17(20)11-14-15(18)5-3-6-16(14)19/h3,5-10,17,20H,2,4,11H2,1H3. The van der Waals surface area contributed by atoms with Gasteiger partial charge in [0.05, 0.1) is 6.10 Å². The van der Waals surface area contributed by atoms with Crippen LogP contribution in [0, 0.1) is 5.82 Å². The second-order valence-electron chi connectivity index (χ2n) is 4.91. The maximum atomic E-state index is 13.7. The molecule has 3 heteroatoms. The zero-order valence-corrected chi connectivity index (χ0v) is 12.2. The van der Waals surface area contributed by atoms with E-state index in [0.29, 0.717) is 10.6 Å². The molecular weight excluding hydrogens is 275 g/mol. The molecule has 0 spiro atoms. The lowest BCUT2D eigenvalue weighted by Crippen LogP contribution is -2.04. The molecule has 106 valence electrons. The number of halogens is 2. The maximum absolute atomic E-state index is 13.7. The van der Waals surface area contributed by atoms with Gasteiger partial charge < -0.3 is 5.11 Å². The van der Waals surface area contributed by atoms with Crippen molar-refractivity contribution in [3.8, 4) is 0 Å². The lowest BCUT2D eigenvalue weighted by molar-refractivity contribution is 0.177. The van der Waals surface area contributed by atoms with Gasteiger partial charge in [-0.3, -0.25) is 0 Å². The number of aliphatic hydroxyl groups excluding tert-OH is 1. The Morgan fingerprint density at radius 3 is 2.45 bits per heavy atom. The summed E-state index contributed by atoms with van der Waals surface area (Å²) in [5.74, 6) is -0.376. The Morgan fingerprint density at radius 1 is 1.15 bits per heavy atom. The van der Waals surface area contributed by atoms with Gasteiger partial charge in [0, 0.05) is 17.0 Å². The van der Waals surface area contributed by atoms with Crippen LogP contribution in [-0.4, -0.2) is 5.11 Å². The van der Waals surface area contributed by atoms with Gasteiger partial charge in [-0.2, -0.15) is 0 Å². The first kappa shape index (κ1) is 15.0. The maximum Gasteiger partial charge on any atom is 0.127 e. The topological polar surface area (TPSA) is 20.2 Å². The average Bonchev–Trinajstić information content (AvgIpc) is 2.44. The minimum absolute atomic E-state index is 0.179. The second kappa shape index (κ2) is 6.87. The quantitative estimate of drug-likeness (QED) is 0.846. The first-order valence-electron chi connectivity index (χ1n) is 6.81. The highest BCUT2D eigenvalue weighted by Crippen LogP contribution is 2.26. The van der Waals surface area contributed by atoms with Crippen LogP contribution in [0.3, 0.4) is 0 Å². The first-order valence-corrected chi connectivity index (χ1v) is 7.19. The third-order valence-electron chi connectivity index (χ3n) is 3.36. The zero-order valence-electron chi connectivity index (χ0n) is 11.4. The van der Waals surface area contributed by atoms with E-state index in [9.17, 15) is 9.50 Å². The van der Waals surface area contributed by atoms with E-state index in [1.807, 2.05) is 24.3 Å². The van der Waals surface area contributed by atoms with Crippen LogP contribution < -0.4 is 0 Å². The Balaban J connectivity index is 2.13. The van der Waals surface area contributed by atoms with Crippen molar-refractivity contribution >= 4 is 11.6 Å². The largest absolute Gasteiger partial charge is 0.388 e. The lowest BCUT2D eigenvalue weighted by Gasteiger charge is -2.13. The molecule has 0 radical (unpaired) electrons. The molecular formula is C17H18ClFO. The summed E-state index contributed by atoms with van der Waals surface area (Å²) in [4.78, 5) is 0. The van der Waals surface area contributed by atoms with E-state index in [1.165, 1.54) is 11.6 Å². The van der Waals surface area contributed by atoms with Crippen molar-refractivity contribution in [1.82, 2.24) is 0 Å². The molecule has 2 aromatic carbocycles. The van der Waals surface area contributed by atoms with Crippen LogP contribution in [0.1, 0.15) is 36.1 Å². The highest BCUT2D eigenvalue weighted by atomic mass is 35.5. The fraction of sp³-hybridized carbons (Fsp3) is 0.294. The fourth-order valence-corrected chi connectivity index (χ4v) is 2.47. The van der Waals surface area contributed by atoms with Crippen LogP contribution in [0.15, 0.2) is 42.5 Å². The van der Waals surface area contributed by atoms with E-state index in [2.05, 4.69) is 6.92 Å². The summed E-state index contributed by atoms with van der Waals surface area (Å²) in [6.07, 6.45) is 1.54. The van der Waals surface area contributed by atoms with Crippen LogP contribution in [-0.2, 0) is 12.8 Å². The third-order valence-corrected chi connectivity index (χ3v) is 3.72. The number of rotatable bonds is 5. The van der Waals surface area contributed by atoms with Crippen molar-refractivity contribution in [2.75, 3.05) is 0 Å². The smallest absolute Gasteiger partial charge is 0.127 e. The second-order valence-corrected chi connectivity index (χ2v) is 5.32. The lowest BCUT2D eigenvalue weighted by atomic mass is 9.99. The summed E-state index contributed by atoms with van der Waals surface area (Å²) in [5.41, 5.74) is 2.39. The molecule has 0 bridgehead atoms. The van der Waals surface area contributed by atoms with Gasteiger partial charge in [-0.25, -0.2) is 4.39 Å². The first-order chi connectivity index (χ1) is 9.61. The molecule has 1 atom stereocenters. The number of aryl methyl sites for hydroxylation is 1. The summed E-state index contributed by atoms with van der Waals surface area (Å²) >= 11 is 5.98. The fourth-order valence-electron chi connectivity index (χ4n) is 2.23. The molecule has 0 aliphatic carbocycles. The Labute approximate surface area is 124 Å². The van der Waals surface area contributed by atoms with E-state index < -0.39 is 6.10 Å². The molecule has 0 amide bonds. The van der Waals surface area contributed by atoms with E-state index in [1.54, 1.807) is 12.1 Å². The van der Waals surface area contributed by atoms with Crippen molar-refractivity contribution in [2.45, 2.75) is 32.3 Å². The molecule has 0 heterocycles. The van der Waals surface area contributed by atoms with Crippen LogP contribution in [0.4, 0.5) is 4.39 Å². The van der Waals surface area contributed by atoms with Gasteiger partial charge in [0.15, 0.2) is 0 Å². The Morgan fingerprint density at radius 2 is 1.85 bits per heavy atom. The van der Waals surface area contributed by atoms with Gasteiger partial charge in [0.25, 0.3) is 0 Å². The molecule has 0 aromatic heterocycles. The molecule has 0 saturated carbocycles. The number of hydrogen-bond acceptors (Lipinski definition) is 1. The van der Waals surface area contributed by atoms with Gasteiger partial charge in [-0.1, -0.05) is 55.3 Å². The molecule has 0 aliphatic rings. The van der Waals surface area contributed by atoms with E-state index in [0.717, 1.165) is 18.4 Å². The van der Waals surface area contributed by atoms with Gasteiger partial charge in [-0.15, -0.1) is 0 Å². The van der Waals surface area contributed by atoms with Gasteiger partial charge in [0.1, 0.15) is 5.82 Å². The highest BCUT2D eigenvalue weighted by Gasteiger charge is 2.14. The van der Waals surface area contributed by atoms with E-state index in [4.69, 9.17) is 11.6 Å². The summed E-state index contributed by atoms with van der Waals surface area (Å²) in [6.45, 7) is 2.13. The van der Waals surface area contributed by atoms with E-state index >= 15 is 0 Å². The molecule has 1 unspecified atom stereocenters. The predicted molar refractivity (Wildman–Crippen MR) is 80.5 cm³/mol. The third kappa shape index (κ3) is 3.59.